The lowest BCUT2D eigenvalue weighted by Crippen LogP contribution is -2.48. The number of para-hydroxylation sites is 1. The van der Waals surface area contributed by atoms with Crippen LogP contribution in [-0.2, 0) is 16.0 Å². The third-order valence-electron chi connectivity index (χ3n) is 3.80. The molecule has 1 unspecified atom stereocenters. The van der Waals surface area contributed by atoms with Gasteiger partial charge in [0.1, 0.15) is 5.54 Å². The van der Waals surface area contributed by atoms with Crippen LogP contribution in [0.15, 0.2) is 28.8 Å². The van der Waals surface area contributed by atoms with Crippen molar-refractivity contribution in [2.24, 2.45) is 0 Å². The number of methoxy groups -OCH3 is 1. The van der Waals surface area contributed by atoms with Crippen LogP contribution in [0.25, 0.3) is 11.0 Å². The third-order valence-corrected chi connectivity index (χ3v) is 3.80. The summed E-state index contributed by atoms with van der Waals surface area (Å²) >= 11 is 0. The number of urea groups is 1. The first-order valence-corrected chi connectivity index (χ1v) is 7.01. The molecule has 7 heteroatoms. The molecule has 1 saturated heterocycles. The summed E-state index contributed by atoms with van der Waals surface area (Å²) in [6, 6.07) is 7.09. The van der Waals surface area contributed by atoms with E-state index in [2.05, 4.69) is 10.5 Å². The van der Waals surface area contributed by atoms with Crippen molar-refractivity contribution in [2.75, 3.05) is 20.3 Å². The van der Waals surface area contributed by atoms with Gasteiger partial charge in [-0.15, -0.1) is 0 Å². The lowest BCUT2D eigenvalue weighted by Gasteiger charge is -2.20. The van der Waals surface area contributed by atoms with Crippen molar-refractivity contribution in [3.63, 3.8) is 0 Å². The average molecular weight is 303 g/mol. The predicted octanol–water partition coefficient (Wildman–Crippen LogP) is 1.33. The molecule has 0 spiro atoms. The molecule has 3 amide bonds. The van der Waals surface area contributed by atoms with E-state index in [-0.39, 0.29) is 19.1 Å². The fraction of sp³-hybridized carbons (Fsp3) is 0.400. The molecule has 1 aliphatic heterocycles. The summed E-state index contributed by atoms with van der Waals surface area (Å²) < 4.78 is 10.2. The summed E-state index contributed by atoms with van der Waals surface area (Å²) in [7, 11) is 1.49. The largest absolute Gasteiger partial charge is 0.382 e. The monoisotopic (exact) mass is 303 g/mol. The standard InChI is InChI=1S/C15H17N3O4/c1-15(9-21-2)13(19)18(14(20)16-15)8-7-11-10-5-3-4-6-12(10)22-17-11/h3-6H,7-9H2,1-2H3,(H,16,20). The molecule has 0 radical (unpaired) electrons. The van der Waals surface area contributed by atoms with Crippen LogP contribution in [0.2, 0.25) is 0 Å². The topological polar surface area (TPSA) is 84.7 Å². The summed E-state index contributed by atoms with van der Waals surface area (Å²) in [5, 5.41) is 7.57. The number of nitrogens with one attached hydrogen (secondary N) is 1. The van der Waals surface area contributed by atoms with Crippen LogP contribution in [0.3, 0.4) is 0 Å². The third kappa shape index (κ3) is 2.33. The van der Waals surface area contributed by atoms with Crippen LogP contribution < -0.4 is 5.32 Å². The number of rotatable bonds is 5. The first kappa shape index (κ1) is 14.5. The smallest absolute Gasteiger partial charge is 0.325 e. The number of carbonyl (C=O) groups excluding carboxylic acids is 2. The van der Waals surface area contributed by atoms with Gasteiger partial charge in [-0.05, 0) is 19.1 Å². The average Bonchev–Trinajstić information content (AvgIpc) is 2.99. The van der Waals surface area contributed by atoms with Crippen molar-refractivity contribution in [1.82, 2.24) is 15.4 Å². The maximum Gasteiger partial charge on any atom is 0.325 e. The highest BCUT2D eigenvalue weighted by atomic mass is 16.5. The minimum Gasteiger partial charge on any atom is -0.382 e. The molecule has 1 fully saturated rings. The van der Waals surface area contributed by atoms with Crippen molar-refractivity contribution in [3.05, 3.63) is 30.0 Å². The lowest BCUT2D eigenvalue weighted by molar-refractivity contribution is -0.132. The van der Waals surface area contributed by atoms with Gasteiger partial charge in [0.2, 0.25) is 0 Å². The van der Waals surface area contributed by atoms with Crippen molar-refractivity contribution in [3.8, 4) is 0 Å². The van der Waals surface area contributed by atoms with Crippen molar-refractivity contribution < 1.29 is 18.8 Å². The molecular weight excluding hydrogens is 286 g/mol. The molecular formula is C15H17N3O4. The highest BCUT2D eigenvalue weighted by Gasteiger charge is 2.47. The molecule has 0 aliphatic carbocycles. The van der Waals surface area contributed by atoms with E-state index in [1.165, 1.54) is 12.0 Å². The van der Waals surface area contributed by atoms with Gasteiger partial charge in [0.05, 0.1) is 12.3 Å². The molecule has 1 N–H and O–H groups in total. The maximum atomic E-state index is 12.4. The Morgan fingerprint density at radius 1 is 1.36 bits per heavy atom. The van der Waals surface area contributed by atoms with E-state index in [0.29, 0.717) is 12.0 Å². The SMILES string of the molecule is COCC1(C)NC(=O)N(CCc2noc3ccccc23)C1=O. The fourth-order valence-corrected chi connectivity index (χ4v) is 2.67. The Morgan fingerprint density at radius 3 is 2.91 bits per heavy atom. The van der Waals surface area contributed by atoms with E-state index in [1.54, 1.807) is 6.92 Å². The zero-order valence-electron chi connectivity index (χ0n) is 12.5. The molecule has 116 valence electrons. The second kappa shape index (κ2) is 5.42. The Bertz CT molecular complexity index is 726. The van der Waals surface area contributed by atoms with Gasteiger partial charge in [-0.1, -0.05) is 17.3 Å². The Balaban J connectivity index is 1.74. The molecule has 1 aliphatic rings. The molecule has 1 atom stereocenters. The summed E-state index contributed by atoms with van der Waals surface area (Å²) in [4.78, 5) is 25.6. The van der Waals surface area contributed by atoms with Gasteiger partial charge >= 0.3 is 6.03 Å². The number of hydrogen-bond acceptors (Lipinski definition) is 5. The van der Waals surface area contributed by atoms with Crippen molar-refractivity contribution in [1.29, 1.82) is 0 Å². The van der Waals surface area contributed by atoms with Gasteiger partial charge in [-0.3, -0.25) is 9.69 Å². The molecule has 22 heavy (non-hydrogen) atoms. The van der Waals surface area contributed by atoms with Crippen molar-refractivity contribution in [2.45, 2.75) is 18.9 Å². The predicted molar refractivity (Wildman–Crippen MR) is 78.2 cm³/mol. The van der Waals surface area contributed by atoms with E-state index in [4.69, 9.17) is 9.26 Å². The first-order valence-electron chi connectivity index (χ1n) is 7.01. The fourth-order valence-electron chi connectivity index (χ4n) is 2.67. The van der Waals surface area contributed by atoms with Gasteiger partial charge in [-0.25, -0.2) is 4.79 Å². The summed E-state index contributed by atoms with van der Waals surface area (Å²) in [6.07, 6.45) is 0.444. The number of aromatic nitrogens is 1. The zero-order chi connectivity index (χ0) is 15.7. The van der Waals surface area contributed by atoms with Gasteiger partial charge in [0.25, 0.3) is 5.91 Å². The van der Waals surface area contributed by atoms with Crippen LogP contribution in [0.1, 0.15) is 12.6 Å². The Kier molecular flexibility index (Phi) is 3.58. The van der Waals surface area contributed by atoms with E-state index in [9.17, 15) is 9.59 Å². The minimum atomic E-state index is -1.00. The molecule has 2 aromatic rings. The number of amides is 3. The van der Waals surface area contributed by atoms with E-state index in [1.807, 2.05) is 24.3 Å². The molecule has 7 nitrogen and oxygen atoms in total. The molecule has 1 aromatic carbocycles. The molecule has 0 saturated carbocycles. The van der Waals surface area contributed by atoms with E-state index < -0.39 is 11.6 Å². The number of ether oxygens (including phenoxy) is 1. The number of carbonyl (C=O) groups is 2. The van der Waals surface area contributed by atoms with Gasteiger partial charge in [0, 0.05) is 25.5 Å². The zero-order valence-corrected chi connectivity index (χ0v) is 12.5. The molecule has 0 bridgehead atoms. The van der Waals surface area contributed by atoms with Crippen LogP contribution in [0.5, 0.6) is 0 Å². The quantitative estimate of drug-likeness (QED) is 0.842. The summed E-state index contributed by atoms with van der Waals surface area (Å²) in [5.74, 6) is -0.285. The van der Waals surface area contributed by atoms with E-state index in [0.717, 1.165) is 11.1 Å². The maximum absolute atomic E-state index is 12.4. The molecule has 1 aromatic heterocycles. The highest BCUT2D eigenvalue weighted by Crippen LogP contribution is 2.21. The Morgan fingerprint density at radius 2 is 2.14 bits per heavy atom. The summed E-state index contributed by atoms with van der Waals surface area (Å²) in [5.41, 5.74) is 0.424. The number of benzene rings is 1. The Hall–Kier alpha value is -2.41. The highest BCUT2D eigenvalue weighted by molar-refractivity contribution is 6.06. The van der Waals surface area contributed by atoms with Gasteiger partial charge < -0.3 is 14.6 Å². The first-order chi connectivity index (χ1) is 10.5. The van der Waals surface area contributed by atoms with Crippen LogP contribution >= 0.6 is 0 Å². The van der Waals surface area contributed by atoms with Crippen LogP contribution in [0.4, 0.5) is 4.79 Å². The van der Waals surface area contributed by atoms with Gasteiger partial charge in [-0.2, -0.15) is 0 Å². The molecule has 2 heterocycles. The van der Waals surface area contributed by atoms with E-state index >= 15 is 0 Å². The molecule has 3 rings (SSSR count). The van der Waals surface area contributed by atoms with Crippen LogP contribution in [-0.4, -0.2) is 47.8 Å². The lowest BCUT2D eigenvalue weighted by atomic mass is 10.0. The normalized spacial score (nSPS) is 21.6. The number of hydrogen-bond donors (Lipinski definition) is 1. The number of imide groups is 1. The minimum absolute atomic E-state index is 0.140. The summed E-state index contributed by atoms with van der Waals surface area (Å²) in [6.45, 7) is 2.05. The number of fused-ring (bicyclic) bond motifs is 1. The van der Waals surface area contributed by atoms with Gasteiger partial charge in [0.15, 0.2) is 5.58 Å². The second-order valence-corrected chi connectivity index (χ2v) is 5.53. The number of nitrogens with zero attached hydrogens (tertiary/aromatic N) is 2. The Labute approximate surface area is 127 Å². The second-order valence-electron chi connectivity index (χ2n) is 5.53. The van der Waals surface area contributed by atoms with Crippen LogP contribution in [0, 0.1) is 0 Å². The van der Waals surface area contributed by atoms with Crippen molar-refractivity contribution >= 4 is 22.9 Å².